The van der Waals surface area contributed by atoms with Gasteiger partial charge in [0.15, 0.2) is 0 Å². The lowest BCUT2D eigenvalue weighted by atomic mass is 9.89. The monoisotopic (exact) mass is 367 g/mol. The van der Waals surface area contributed by atoms with E-state index >= 15 is 0 Å². The summed E-state index contributed by atoms with van der Waals surface area (Å²) in [6.45, 7) is 14.9. The second-order valence-corrected chi connectivity index (χ2v) is 7.63. The summed E-state index contributed by atoms with van der Waals surface area (Å²) >= 11 is 0. The molecule has 27 heavy (non-hydrogen) atoms. The number of nitrogens with zero attached hydrogens (tertiary/aromatic N) is 2. The Bertz CT molecular complexity index is 840. The summed E-state index contributed by atoms with van der Waals surface area (Å²) in [5.74, 6) is 0.0241. The maximum atomic E-state index is 13.3. The Labute approximate surface area is 161 Å². The number of rotatable bonds is 5. The number of aryl methyl sites for hydroxylation is 3. The normalized spacial score (nSPS) is 20.7. The molecule has 2 aliphatic heterocycles. The molecule has 3 rings (SSSR count). The Kier molecular flexibility index (Phi) is 5.13. The van der Waals surface area contributed by atoms with Crippen LogP contribution < -0.4 is 5.32 Å². The van der Waals surface area contributed by atoms with Gasteiger partial charge in [-0.15, -0.1) is 6.58 Å². The van der Waals surface area contributed by atoms with Gasteiger partial charge in [0.05, 0.1) is 23.9 Å². The van der Waals surface area contributed by atoms with E-state index in [1.54, 1.807) is 11.0 Å². The second kappa shape index (κ2) is 7.22. The Morgan fingerprint density at radius 1 is 1.22 bits per heavy atom. The Morgan fingerprint density at radius 2 is 1.89 bits per heavy atom. The summed E-state index contributed by atoms with van der Waals surface area (Å²) in [6.07, 6.45) is 2.57. The van der Waals surface area contributed by atoms with Crippen LogP contribution in [0.2, 0.25) is 0 Å². The van der Waals surface area contributed by atoms with Gasteiger partial charge >= 0.3 is 6.03 Å². The molecule has 0 saturated heterocycles. The van der Waals surface area contributed by atoms with E-state index in [9.17, 15) is 9.59 Å². The van der Waals surface area contributed by atoms with Crippen molar-refractivity contribution in [1.82, 2.24) is 15.1 Å². The molecular weight excluding hydrogens is 338 g/mol. The molecule has 3 amide bonds. The topological polar surface area (TPSA) is 52.7 Å². The van der Waals surface area contributed by atoms with Crippen molar-refractivity contribution >= 4 is 11.9 Å². The molecule has 0 aromatic heterocycles. The minimum absolute atomic E-state index is 0.0241. The summed E-state index contributed by atoms with van der Waals surface area (Å²) in [5, 5.41) is 3.07. The van der Waals surface area contributed by atoms with E-state index in [0.29, 0.717) is 18.7 Å². The molecule has 0 aliphatic carbocycles. The van der Waals surface area contributed by atoms with E-state index in [0.717, 1.165) is 28.8 Å². The largest absolute Gasteiger partial charge is 0.330 e. The number of benzene rings is 1. The van der Waals surface area contributed by atoms with Gasteiger partial charge in [0.25, 0.3) is 5.91 Å². The SMILES string of the molecule is C=CCN1C(=O)NC(c2cc(C)c(C)cc2C)C2=C1CN(C(C)CC)C2=O. The highest BCUT2D eigenvalue weighted by molar-refractivity contribution is 6.01. The molecule has 1 N–H and O–H groups in total. The van der Waals surface area contributed by atoms with Crippen LogP contribution in [0.5, 0.6) is 0 Å². The van der Waals surface area contributed by atoms with Gasteiger partial charge in [0.2, 0.25) is 0 Å². The van der Waals surface area contributed by atoms with Crippen molar-refractivity contribution in [3.8, 4) is 0 Å². The molecular formula is C22H29N3O2. The van der Waals surface area contributed by atoms with Crippen molar-refractivity contribution in [1.29, 1.82) is 0 Å². The van der Waals surface area contributed by atoms with Gasteiger partial charge < -0.3 is 10.2 Å². The molecule has 144 valence electrons. The summed E-state index contributed by atoms with van der Waals surface area (Å²) in [6, 6.07) is 3.77. The quantitative estimate of drug-likeness (QED) is 0.806. The molecule has 0 fully saturated rings. The summed E-state index contributed by atoms with van der Waals surface area (Å²) < 4.78 is 0. The number of carbonyl (C=O) groups excluding carboxylic acids is 2. The van der Waals surface area contributed by atoms with Crippen LogP contribution in [0.3, 0.4) is 0 Å². The van der Waals surface area contributed by atoms with Crippen LogP contribution in [-0.2, 0) is 4.79 Å². The fourth-order valence-electron chi connectivity index (χ4n) is 3.94. The number of nitrogens with one attached hydrogen (secondary N) is 1. The Morgan fingerprint density at radius 3 is 2.52 bits per heavy atom. The highest BCUT2D eigenvalue weighted by Crippen LogP contribution is 2.38. The first kappa shape index (κ1) is 19.2. The lowest BCUT2D eigenvalue weighted by Gasteiger charge is -2.33. The minimum atomic E-state index is -0.408. The number of amides is 3. The van der Waals surface area contributed by atoms with Crippen LogP contribution in [0.15, 0.2) is 36.1 Å². The molecule has 1 aromatic carbocycles. The smallest absolute Gasteiger partial charge is 0.322 e. The molecule has 2 unspecified atom stereocenters. The zero-order valence-corrected chi connectivity index (χ0v) is 16.9. The van der Waals surface area contributed by atoms with Gasteiger partial charge in [-0.05, 0) is 56.4 Å². The Hall–Kier alpha value is -2.56. The minimum Gasteiger partial charge on any atom is -0.330 e. The third-order valence-corrected chi connectivity index (χ3v) is 5.88. The third kappa shape index (κ3) is 3.15. The van der Waals surface area contributed by atoms with Crippen molar-refractivity contribution < 1.29 is 9.59 Å². The van der Waals surface area contributed by atoms with Crippen LogP contribution >= 0.6 is 0 Å². The van der Waals surface area contributed by atoms with Gasteiger partial charge in [-0.3, -0.25) is 9.69 Å². The Balaban J connectivity index is 2.13. The van der Waals surface area contributed by atoms with Crippen LogP contribution in [0.1, 0.15) is 48.6 Å². The standard InChI is InChI=1S/C22H29N3O2/c1-7-9-24-18-12-25(16(6)8-2)21(26)19(18)20(23-22(24)27)17-11-14(4)13(3)10-15(17)5/h7,10-11,16,20H,1,8-9,12H2,2-6H3,(H,23,27). The van der Waals surface area contributed by atoms with Gasteiger partial charge in [-0.1, -0.05) is 25.1 Å². The number of hydrogen-bond donors (Lipinski definition) is 1. The zero-order valence-electron chi connectivity index (χ0n) is 16.9. The highest BCUT2D eigenvalue weighted by Gasteiger charge is 2.45. The van der Waals surface area contributed by atoms with E-state index in [2.05, 4.69) is 51.7 Å². The molecule has 2 heterocycles. The summed E-state index contributed by atoms with van der Waals surface area (Å²) in [4.78, 5) is 29.7. The van der Waals surface area contributed by atoms with Gasteiger partial charge in [-0.25, -0.2) is 4.79 Å². The van der Waals surface area contributed by atoms with E-state index in [1.165, 1.54) is 5.56 Å². The van der Waals surface area contributed by atoms with Crippen molar-refractivity contribution in [3.05, 3.63) is 58.3 Å². The molecule has 0 bridgehead atoms. The lowest BCUT2D eigenvalue weighted by Crippen LogP contribution is -2.47. The second-order valence-electron chi connectivity index (χ2n) is 7.63. The number of carbonyl (C=O) groups is 2. The van der Waals surface area contributed by atoms with E-state index in [4.69, 9.17) is 0 Å². The van der Waals surface area contributed by atoms with Gasteiger partial charge in [0, 0.05) is 12.6 Å². The number of urea groups is 1. The summed E-state index contributed by atoms with van der Waals surface area (Å²) in [5.41, 5.74) is 5.96. The highest BCUT2D eigenvalue weighted by atomic mass is 16.2. The molecule has 0 radical (unpaired) electrons. The van der Waals surface area contributed by atoms with Gasteiger partial charge in [0.1, 0.15) is 0 Å². The van der Waals surface area contributed by atoms with Crippen molar-refractivity contribution in [3.63, 3.8) is 0 Å². The van der Waals surface area contributed by atoms with Crippen LogP contribution in [0, 0.1) is 20.8 Å². The molecule has 2 atom stereocenters. The lowest BCUT2D eigenvalue weighted by molar-refractivity contribution is -0.127. The fraction of sp³-hybridized carbons (Fsp3) is 0.455. The maximum Gasteiger partial charge on any atom is 0.322 e. The van der Waals surface area contributed by atoms with Crippen molar-refractivity contribution in [2.24, 2.45) is 0 Å². The molecule has 0 spiro atoms. The van der Waals surface area contributed by atoms with E-state index < -0.39 is 6.04 Å². The van der Waals surface area contributed by atoms with Crippen LogP contribution in [-0.4, -0.2) is 40.9 Å². The van der Waals surface area contributed by atoms with E-state index in [-0.39, 0.29) is 18.0 Å². The fourth-order valence-corrected chi connectivity index (χ4v) is 3.94. The van der Waals surface area contributed by atoms with Crippen molar-refractivity contribution in [2.45, 2.75) is 53.1 Å². The first-order chi connectivity index (χ1) is 12.8. The number of hydrogen-bond acceptors (Lipinski definition) is 2. The third-order valence-electron chi connectivity index (χ3n) is 5.88. The molecule has 1 aromatic rings. The molecule has 2 aliphatic rings. The maximum absolute atomic E-state index is 13.3. The van der Waals surface area contributed by atoms with Crippen LogP contribution in [0.4, 0.5) is 4.79 Å². The first-order valence-electron chi connectivity index (χ1n) is 9.60. The molecule has 0 saturated carbocycles. The van der Waals surface area contributed by atoms with Crippen LogP contribution in [0.25, 0.3) is 0 Å². The predicted molar refractivity (Wildman–Crippen MR) is 107 cm³/mol. The average molecular weight is 367 g/mol. The van der Waals surface area contributed by atoms with E-state index in [1.807, 2.05) is 11.8 Å². The zero-order chi connectivity index (χ0) is 19.9. The molecule has 5 nitrogen and oxygen atoms in total. The average Bonchev–Trinajstić information content (AvgIpc) is 2.97. The van der Waals surface area contributed by atoms with Gasteiger partial charge in [-0.2, -0.15) is 0 Å². The van der Waals surface area contributed by atoms with Crippen molar-refractivity contribution in [2.75, 3.05) is 13.1 Å². The first-order valence-corrected chi connectivity index (χ1v) is 9.60. The molecule has 5 heteroatoms. The predicted octanol–water partition coefficient (Wildman–Crippen LogP) is 3.76. The summed E-state index contributed by atoms with van der Waals surface area (Å²) in [7, 11) is 0.